The molecule has 1 N–H and O–H groups in total. The maximum atomic E-state index is 12.4. The molecule has 2 aromatic carbocycles. The summed E-state index contributed by atoms with van der Waals surface area (Å²) >= 11 is 3.47. The van der Waals surface area contributed by atoms with Crippen molar-refractivity contribution in [3.8, 4) is 11.4 Å². The van der Waals surface area contributed by atoms with Crippen molar-refractivity contribution in [2.75, 3.05) is 6.61 Å². The van der Waals surface area contributed by atoms with Crippen LogP contribution in [0.3, 0.4) is 0 Å². The van der Waals surface area contributed by atoms with Gasteiger partial charge in [0, 0.05) is 32.7 Å². The Morgan fingerprint density at radius 1 is 1.14 bits per heavy atom. The average molecular weight is 452 g/mol. The first-order valence-corrected chi connectivity index (χ1v) is 9.91. The van der Waals surface area contributed by atoms with Crippen LogP contribution >= 0.6 is 15.9 Å². The minimum Gasteiger partial charge on any atom is -0.490 e. The highest BCUT2D eigenvalue weighted by Crippen LogP contribution is 2.21. The molecule has 1 heterocycles. The molecule has 0 bridgehead atoms. The number of carbonyl (C=O) groups is 1. The maximum absolute atomic E-state index is 12.4. The Hall–Kier alpha value is -3.12. The van der Waals surface area contributed by atoms with Crippen LogP contribution in [0, 0.1) is 13.8 Å². The zero-order valence-corrected chi connectivity index (χ0v) is 17.9. The van der Waals surface area contributed by atoms with Crippen LogP contribution in [0.2, 0.25) is 0 Å². The standard InChI is InChI=1S/C23H22BrN3O2/c1-4-13-29-21-11-12-22(24)19(14-21)15-25-26-23(28)18-7-9-20(10-8-18)27-16(2)5-6-17(27)3/h4-12,14-15H,1,13H2,2-3H3,(H,26,28). The van der Waals surface area contributed by atoms with E-state index in [1.807, 2.05) is 30.3 Å². The molecular formula is C23H22BrN3O2. The van der Waals surface area contributed by atoms with E-state index in [0.29, 0.717) is 17.9 Å². The highest BCUT2D eigenvalue weighted by Gasteiger charge is 2.07. The summed E-state index contributed by atoms with van der Waals surface area (Å²) in [7, 11) is 0. The Labute approximate surface area is 178 Å². The number of halogens is 1. The number of aromatic nitrogens is 1. The van der Waals surface area contributed by atoms with Gasteiger partial charge in [-0.25, -0.2) is 5.43 Å². The number of hydrogen-bond acceptors (Lipinski definition) is 3. The van der Waals surface area contributed by atoms with Crippen LogP contribution in [0.25, 0.3) is 5.69 Å². The molecule has 0 saturated heterocycles. The number of nitrogens with one attached hydrogen (secondary N) is 1. The molecule has 0 atom stereocenters. The largest absolute Gasteiger partial charge is 0.490 e. The first-order valence-electron chi connectivity index (χ1n) is 9.11. The molecule has 0 radical (unpaired) electrons. The van der Waals surface area contributed by atoms with Gasteiger partial charge in [0.1, 0.15) is 12.4 Å². The summed E-state index contributed by atoms with van der Waals surface area (Å²) in [4.78, 5) is 12.4. The number of rotatable bonds is 7. The van der Waals surface area contributed by atoms with E-state index in [-0.39, 0.29) is 5.91 Å². The molecule has 0 saturated carbocycles. The van der Waals surface area contributed by atoms with Crippen molar-refractivity contribution in [1.82, 2.24) is 9.99 Å². The third-order valence-corrected chi connectivity index (χ3v) is 5.09. The first-order chi connectivity index (χ1) is 14.0. The molecule has 3 aromatic rings. The van der Waals surface area contributed by atoms with Gasteiger partial charge in [-0.1, -0.05) is 28.6 Å². The second-order valence-corrected chi connectivity index (χ2v) is 7.33. The number of aryl methyl sites for hydroxylation is 2. The fourth-order valence-electron chi connectivity index (χ4n) is 2.93. The smallest absolute Gasteiger partial charge is 0.271 e. The van der Waals surface area contributed by atoms with Crippen LogP contribution < -0.4 is 10.2 Å². The highest BCUT2D eigenvalue weighted by atomic mass is 79.9. The van der Waals surface area contributed by atoms with Gasteiger partial charge >= 0.3 is 0 Å². The predicted octanol–water partition coefficient (Wildman–Crippen LogP) is 5.19. The van der Waals surface area contributed by atoms with Gasteiger partial charge in [0.15, 0.2) is 0 Å². The maximum Gasteiger partial charge on any atom is 0.271 e. The van der Waals surface area contributed by atoms with E-state index >= 15 is 0 Å². The van der Waals surface area contributed by atoms with Crippen LogP contribution in [0.15, 0.2) is 76.8 Å². The number of benzene rings is 2. The van der Waals surface area contributed by atoms with Gasteiger partial charge in [-0.3, -0.25) is 4.79 Å². The molecule has 0 fully saturated rings. The molecule has 29 heavy (non-hydrogen) atoms. The molecule has 5 nitrogen and oxygen atoms in total. The molecule has 0 aliphatic heterocycles. The number of amides is 1. The normalized spacial score (nSPS) is 10.9. The van der Waals surface area contributed by atoms with E-state index in [4.69, 9.17) is 4.74 Å². The lowest BCUT2D eigenvalue weighted by molar-refractivity contribution is 0.0955. The van der Waals surface area contributed by atoms with Gasteiger partial charge in [0.05, 0.1) is 6.21 Å². The Morgan fingerprint density at radius 3 is 2.48 bits per heavy atom. The molecule has 1 aromatic heterocycles. The van der Waals surface area contributed by atoms with Crippen LogP contribution in [0.4, 0.5) is 0 Å². The van der Waals surface area contributed by atoms with E-state index in [9.17, 15) is 4.79 Å². The van der Waals surface area contributed by atoms with E-state index < -0.39 is 0 Å². The summed E-state index contributed by atoms with van der Waals surface area (Å²) in [5.74, 6) is 0.427. The summed E-state index contributed by atoms with van der Waals surface area (Å²) in [5, 5.41) is 4.07. The fraction of sp³-hybridized carbons (Fsp3) is 0.130. The minimum absolute atomic E-state index is 0.274. The van der Waals surface area contributed by atoms with Gasteiger partial charge in [-0.05, 0) is 68.4 Å². The van der Waals surface area contributed by atoms with E-state index in [1.165, 1.54) is 0 Å². The van der Waals surface area contributed by atoms with Crippen molar-refractivity contribution in [2.45, 2.75) is 13.8 Å². The van der Waals surface area contributed by atoms with Crippen LogP contribution in [0.1, 0.15) is 27.3 Å². The van der Waals surface area contributed by atoms with Crippen LogP contribution in [-0.2, 0) is 0 Å². The Kier molecular flexibility index (Phi) is 6.67. The zero-order valence-electron chi connectivity index (χ0n) is 16.4. The lowest BCUT2D eigenvalue weighted by atomic mass is 10.2. The topological polar surface area (TPSA) is 55.6 Å². The lowest BCUT2D eigenvalue weighted by Gasteiger charge is -2.10. The number of nitrogens with zero attached hydrogens (tertiary/aromatic N) is 2. The second-order valence-electron chi connectivity index (χ2n) is 6.48. The quantitative estimate of drug-likeness (QED) is 0.305. The van der Waals surface area contributed by atoms with Crippen molar-refractivity contribution >= 4 is 28.1 Å². The Morgan fingerprint density at radius 2 is 1.83 bits per heavy atom. The summed E-state index contributed by atoms with van der Waals surface area (Å²) in [6, 6.07) is 17.1. The SMILES string of the molecule is C=CCOc1ccc(Br)c(C=NNC(=O)c2ccc(-n3c(C)ccc3C)cc2)c1. The molecule has 148 valence electrons. The molecule has 0 aliphatic carbocycles. The summed E-state index contributed by atoms with van der Waals surface area (Å²) in [6.07, 6.45) is 3.25. The van der Waals surface area contributed by atoms with Gasteiger partial charge < -0.3 is 9.30 Å². The first kappa shape index (κ1) is 20.6. The second kappa shape index (κ2) is 9.39. The minimum atomic E-state index is -0.274. The average Bonchev–Trinajstić information content (AvgIpc) is 3.06. The fourth-order valence-corrected chi connectivity index (χ4v) is 3.28. The number of ether oxygens (including phenoxy) is 1. The Bertz CT molecular complexity index is 1030. The predicted molar refractivity (Wildman–Crippen MR) is 120 cm³/mol. The van der Waals surface area contributed by atoms with E-state index in [1.54, 1.807) is 24.4 Å². The van der Waals surface area contributed by atoms with Crippen molar-refractivity contribution in [1.29, 1.82) is 0 Å². The van der Waals surface area contributed by atoms with Gasteiger partial charge in [0.2, 0.25) is 0 Å². The van der Waals surface area contributed by atoms with Crippen molar-refractivity contribution in [3.63, 3.8) is 0 Å². The summed E-state index contributed by atoms with van der Waals surface area (Å²) in [5.41, 5.74) is 7.20. The monoisotopic (exact) mass is 451 g/mol. The van der Waals surface area contributed by atoms with Crippen molar-refractivity contribution in [2.24, 2.45) is 5.10 Å². The third kappa shape index (κ3) is 5.03. The number of hydrogen-bond donors (Lipinski definition) is 1. The van der Waals surface area contributed by atoms with Gasteiger partial charge in [-0.15, -0.1) is 0 Å². The van der Waals surface area contributed by atoms with Crippen LogP contribution in [-0.4, -0.2) is 23.3 Å². The van der Waals surface area contributed by atoms with E-state index in [0.717, 1.165) is 27.1 Å². The molecule has 6 heteroatoms. The Balaban J connectivity index is 1.67. The number of carbonyl (C=O) groups excluding carboxylic acids is 1. The van der Waals surface area contributed by atoms with Crippen molar-refractivity contribution < 1.29 is 9.53 Å². The van der Waals surface area contributed by atoms with Crippen LogP contribution in [0.5, 0.6) is 5.75 Å². The molecule has 3 rings (SSSR count). The number of hydrazone groups is 1. The van der Waals surface area contributed by atoms with Gasteiger partial charge in [-0.2, -0.15) is 5.10 Å². The highest BCUT2D eigenvalue weighted by molar-refractivity contribution is 9.10. The summed E-state index contributed by atoms with van der Waals surface area (Å²) < 4.78 is 8.50. The lowest BCUT2D eigenvalue weighted by Crippen LogP contribution is -2.17. The van der Waals surface area contributed by atoms with Crippen molar-refractivity contribution in [3.05, 3.63) is 94.2 Å². The zero-order chi connectivity index (χ0) is 20.8. The molecule has 0 spiro atoms. The molecule has 0 unspecified atom stereocenters. The van der Waals surface area contributed by atoms with E-state index in [2.05, 4.69) is 63.6 Å². The molecule has 0 aliphatic rings. The molecular weight excluding hydrogens is 430 g/mol. The summed E-state index contributed by atoms with van der Waals surface area (Å²) in [6.45, 7) is 8.16. The molecule has 1 amide bonds. The van der Waals surface area contributed by atoms with Gasteiger partial charge in [0.25, 0.3) is 5.91 Å². The third-order valence-electron chi connectivity index (χ3n) is 4.36.